The lowest BCUT2D eigenvalue weighted by Gasteiger charge is -2.26. The van der Waals surface area contributed by atoms with Crippen molar-refractivity contribution in [2.45, 2.75) is 0 Å². The first-order chi connectivity index (χ1) is 26.2. The number of furan rings is 2. The molecule has 0 saturated heterocycles. The highest BCUT2D eigenvalue weighted by atomic mass is 16.3. The Morgan fingerprint density at radius 1 is 0.302 bits per heavy atom. The van der Waals surface area contributed by atoms with E-state index in [2.05, 4.69) is 181 Å². The van der Waals surface area contributed by atoms with Gasteiger partial charge in [-0.2, -0.15) is 0 Å². The van der Waals surface area contributed by atoms with E-state index in [9.17, 15) is 0 Å². The second kappa shape index (κ2) is 11.7. The van der Waals surface area contributed by atoms with Gasteiger partial charge in [-0.1, -0.05) is 127 Å². The number of nitrogens with zero attached hydrogens (tertiary/aromatic N) is 1. The summed E-state index contributed by atoms with van der Waals surface area (Å²) in [6, 6.07) is 66.8. The molecule has 0 fully saturated rings. The van der Waals surface area contributed by atoms with Gasteiger partial charge in [-0.25, -0.2) is 0 Å². The van der Waals surface area contributed by atoms with Crippen LogP contribution in [0.25, 0.3) is 87.7 Å². The van der Waals surface area contributed by atoms with Crippen LogP contribution < -0.4 is 4.90 Å². The number of fused-ring (bicyclic) bond motifs is 9. The van der Waals surface area contributed by atoms with E-state index >= 15 is 0 Å². The SMILES string of the molecule is c1ccc(-c2ccc3cc(N(c4ccc(-c5ccc6oc7ccccc7c6c5)cc4)c4cccc5c4oc4c6ccccc6ccc54)ccc3c2)cc1. The molecule has 248 valence electrons. The Bertz CT molecular complexity index is 3170. The van der Waals surface area contributed by atoms with E-state index in [1.54, 1.807) is 0 Å². The molecule has 0 N–H and O–H groups in total. The summed E-state index contributed by atoms with van der Waals surface area (Å²) >= 11 is 0. The van der Waals surface area contributed by atoms with E-state index < -0.39 is 0 Å². The monoisotopic (exact) mass is 677 g/mol. The molecule has 2 heterocycles. The van der Waals surface area contributed by atoms with Crippen LogP contribution in [-0.2, 0) is 0 Å². The Kier molecular flexibility index (Phi) is 6.55. The first kappa shape index (κ1) is 29.6. The summed E-state index contributed by atoms with van der Waals surface area (Å²) in [5.41, 5.74) is 11.4. The minimum absolute atomic E-state index is 0.861. The molecule has 0 unspecified atom stereocenters. The van der Waals surface area contributed by atoms with Gasteiger partial charge < -0.3 is 13.7 Å². The molecule has 11 rings (SSSR count). The zero-order valence-corrected chi connectivity index (χ0v) is 28.7. The Labute approximate surface area is 305 Å². The lowest BCUT2D eigenvalue weighted by molar-refractivity contribution is 0.669. The summed E-state index contributed by atoms with van der Waals surface area (Å²) in [6.07, 6.45) is 0. The van der Waals surface area contributed by atoms with Crippen LogP contribution in [0.15, 0.2) is 197 Å². The molecule has 0 aliphatic heterocycles. The molecular weight excluding hydrogens is 647 g/mol. The van der Waals surface area contributed by atoms with Crippen LogP contribution in [0.5, 0.6) is 0 Å². The van der Waals surface area contributed by atoms with Crippen molar-refractivity contribution in [2.75, 3.05) is 4.90 Å². The van der Waals surface area contributed by atoms with Crippen molar-refractivity contribution >= 4 is 82.5 Å². The predicted octanol–water partition coefficient (Wildman–Crippen LogP) is 14.6. The highest BCUT2D eigenvalue weighted by Gasteiger charge is 2.21. The van der Waals surface area contributed by atoms with Crippen LogP contribution in [-0.4, -0.2) is 0 Å². The highest BCUT2D eigenvalue weighted by molar-refractivity contribution is 6.17. The molecule has 0 radical (unpaired) electrons. The van der Waals surface area contributed by atoms with E-state index in [0.29, 0.717) is 0 Å². The quantitative estimate of drug-likeness (QED) is 0.182. The average Bonchev–Trinajstić information content (AvgIpc) is 3.80. The largest absolute Gasteiger partial charge is 0.456 e. The smallest absolute Gasteiger partial charge is 0.159 e. The predicted molar refractivity (Wildman–Crippen MR) is 222 cm³/mol. The van der Waals surface area contributed by atoms with Gasteiger partial charge in [-0.3, -0.25) is 0 Å². The van der Waals surface area contributed by atoms with Gasteiger partial charge in [0.15, 0.2) is 5.58 Å². The van der Waals surface area contributed by atoms with E-state index in [1.165, 1.54) is 27.3 Å². The van der Waals surface area contributed by atoms with Gasteiger partial charge in [0.2, 0.25) is 0 Å². The van der Waals surface area contributed by atoms with Crippen molar-refractivity contribution in [3.63, 3.8) is 0 Å². The maximum atomic E-state index is 6.88. The molecule has 0 atom stereocenters. The van der Waals surface area contributed by atoms with Crippen molar-refractivity contribution < 1.29 is 8.83 Å². The minimum Gasteiger partial charge on any atom is -0.456 e. The van der Waals surface area contributed by atoms with Gasteiger partial charge in [-0.05, 0) is 99.1 Å². The number of hydrogen-bond acceptors (Lipinski definition) is 3. The average molecular weight is 678 g/mol. The van der Waals surface area contributed by atoms with Gasteiger partial charge in [0.05, 0.1) is 5.69 Å². The fourth-order valence-electron chi connectivity index (χ4n) is 8.01. The molecule has 2 aromatic heterocycles. The van der Waals surface area contributed by atoms with Gasteiger partial charge in [-0.15, -0.1) is 0 Å². The third-order valence-electron chi connectivity index (χ3n) is 10.6. The molecule has 0 amide bonds. The normalized spacial score (nSPS) is 11.8. The highest BCUT2D eigenvalue weighted by Crippen LogP contribution is 2.44. The summed E-state index contributed by atoms with van der Waals surface area (Å²) in [7, 11) is 0. The minimum atomic E-state index is 0.861. The lowest BCUT2D eigenvalue weighted by atomic mass is 10.00. The topological polar surface area (TPSA) is 29.5 Å². The summed E-state index contributed by atoms with van der Waals surface area (Å²) in [4.78, 5) is 2.33. The lowest BCUT2D eigenvalue weighted by Crippen LogP contribution is -2.10. The third-order valence-corrected chi connectivity index (χ3v) is 10.6. The van der Waals surface area contributed by atoms with Crippen molar-refractivity contribution in [1.82, 2.24) is 0 Å². The first-order valence-electron chi connectivity index (χ1n) is 18.0. The van der Waals surface area contributed by atoms with E-state index in [0.717, 1.165) is 77.5 Å². The van der Waals surface area contributed by atoms with Crippen molar-refractivity contribution in [2.24, 2.45) is 0 Å². The maximum Gasteiger partial charge on any atom is 0.159 e. The van der Waals surface area contributed by atoms with Gasteiger partial charge >= 0.3 is 0 Å². The van der Waals surface area contributed by atoms with Crippen molar-refractivity contribution in [3.8, 4) is 22.3 Å². The fourth-order valence-corrected chi connectivity index (χ4v) is 8.01. The number of para-hydroxylation sites is 2. The molecule has 3 heteroatoms. The van der Waals surface area contributed by atoms with Crippen molar-refractivity contribution in [3.05, 3.63) is 188 Å². The molecule has 11 aromatic rings. The summed E-state index contributed by atoms with van der Waals surface area (Å²) in [6.45, 7) is 0. The Balaban J connectivity index is 1.08. The molecule has 0 spiro atoms. The van der Waals surface area contributed by atoms with Crippen LogP contribution in [0.1, 0.15) is 0 Å². The molecule has 0 aliphatic carbocycles. The number of rotatable bonds is 5. The Morgan fingerprint density at radius 2 is 0.925 bits per heavy atom. The molecule has 0 bridgehead atoms. The second-order valence-electron chi connectivity index (χ2n) is 13.7. The van der Waals surface area contributed by atoms with Gasteiger partial charge in [0.25, 0.3) is 0 Å². The summed E-state index contributed by atoms with van der Waals surface area (Å²) in [5, 5.41) is 9.12. The fraction of sp³-hybridized carbons (Fsp3) is 0. The van der Waals surface area contributed by atoms with Crippen LogP contribution in [0.4, 0.5) is 17.1 Å². The van der Waals surface area contributed by atoms with Crippen LogP contribution >= 0.6 is 0 Å². The summed E-state index contributed by atoms with van der Waals surface area (Å²) < 4.78 is 13.0. The Morgan fingerprint density at radius 3 is 1.83 bits per heavy atom. The maximum absolute atomic E-state index is 6.88. The molecule has 3 nitrogen and oxygen atoms in total. The van der Waals surface area contributed by atoms with E-state index in [1.807, 2.05) is 12.1 Å². The third kappa shape index (κ3) is 4.82. The van der Waals surface area contributed by atoms with Crippen molar-refractivity contribution in [1.29, 1.82) is 0 Å². The number of hydrogen-bond donors (Lipinski definition) is 0. The van der Waals surface area contributed by atoms with Gasteiger partial charge in [0, 0.05) is 38.3 Å². The van der Waals surface area contributed by atoms with Crippen LogP contribution in [0.3, 0.4) is 0 Å². The molecule has 0 aliphatic rings. The second-order valence-corrected chi connectivity index (χ2v) is 13.7. The van der Waals surface area contributed by atoms with E-state index in [4.69, 9.17) is 8.83 Å². The zero-order valence-electron chi connectivity index (χ0n) is 28.7. The number of benzene rings is 9. The van der Waals surface area contributed by atoms with Gasteiger partial charge in [0.1, 0.15) is 16.7 Å². The van der Waals surface area contributed by atoms with Crippen LogP contribution in [0, 0.1) is 0 Å². The molecule has 0 saturated carbocycles. The molecule has 53 heavy (non-hydrogen) atoms. The first-order valence-corrected chi connectivity index (χ1v) is 18.0. The summed E-state index contributed by atoms with van der Waals surface area (Å²) in [5.74, 6) is 0. The van der Waals surface area contributed by atoms with Crippen LogP contribution in [0.2, 0.25) is 0 Å². The number of anilines is 3. The Hall–Kier alpha value is -7.10. The zero-order chi connectivity index (χ0) is 34.9. The van der Waals surface area contributed by atoms with E-state index in [-0.39, 0.29) is 0 Å². The molecule has 9 aromatic carbocycles. The molecular formula is C50H31NO2. The standard InChI is InChI=1S/C50H31NO2/c1-2-9-32(10-3-1)35-17-18-37-30-40(26-21-36(37)29-35)51(46-15-8-14-43-44-27-22-34-11-4-5-12-41(34)49(44)53-50(43)46)39-24-19-33(20-25-39)38-23-28-48-45(31-38)42-13-6-7-16-47(42)52-48/h1-31H.